The number of carbonyl (C=O) groups excluding carboxylic acids is 3. The fourth-order valence-corrected chi connectivity index (χ4v) is 5.78. The van der Waals surface area contributed by atoms with E-state index in [-0.39, 0.29) is 41.9 Å². The lowest BCUT2D eigenvalue weighted by molar-refractivity contribution is -0.152. The second kappa shape index (κ2) is 12.4. The molecule has 0 spiro atoms. The maximum absolute atomic E-state index is 13.9. The van der Waals surface area contributed by atoms with Crippen LogP contribution >= 0.6 is 0 Å². The molecule has 42 heavy (non-hydrogen) atoms. The molecule has 2 aromatic rings. The van der Waals surface area contributed by atoms with Gasteiger partial charge in [0.1, 0.15) is 12.1 Å². The molecule has 4 rings (SSSR count). The summed E-state index contributed by atoms with van der Waals surface area (Å²) in [7, 11) is 0. The molecule has 13 heteroatoms. The fourth-order valence-electron chi connectivity index (χ4n) is 5.78. The molecule has 230 valence electrons. The first-order chi connectivity index (χ1) is 19.7. The number of anilines is 1. The van der Waals surface area contributed by atoms with Crippen molar-refractivity contribution in [3.63, 3.8) is 0 Å². The summed E-state index contributed by atoms with van der Waals surface area (Å²) in [5, 5.41) is 7.15. The first kappa shape index (κ1) is 31.5. The average molecular weight is 593 g/mol. The molecule has 0 saturated heterocycles. The number of alkyl halides is 3. The maximum Gasteiger partial charge on any atom is 0.435 e. The Labute approximate surface area is 242 Å². The van der Waals surface area contributed by atoms with E-state index in [1.165, 1.54) is 18.2 Å². The summed E-state index contributed by atoms with van der Waals surface area (Å²) in [6, 6.07) is 3.64. The third-order valence-electron chi connectivity index (χ3n) is 7.92. The van der Waals surface area contributed by atoms with E-state index >= 15 is 0 Å². The van der Waals surface area contributed by atoms with Crippen molar-refractivity contribution in [1.82, 2.24) is 9.78 Å². The molecular weight excluding hydrogens is 553 g/mol. The molecule has 0 unspecified atom stereocenters. The van der Waals surface area contributed by atoms with Crippen LogP contribution in [0.5, 0.6) is 0 Å². The number of aromatic nitrogens is 2. The Balaban J connectivity index is 1.53. The summed E-state index contributed by atoms with van der Waals surface area (Å²) in [4.78, 5) is 37.4. The number of ether oxygens (including phenoxy) is 1. The van der Waals surface area contributed by atoms with E-state index in [1.54, 1.807) is 0 Å². The summed E-state index contributed by atoms with van der Waals surface area (Å²) in [5.41, 5.74) is 15.9. The standard InChI is InChI=1S/C29H39F3N6O4/c1-28(2)14-22-24(23(39)15-28)25(29(30,31)32)37-38(22)17-8-11-19(26(35)40)21(13-17)36-16-6-9-18(10-7-16)42-27(41)20(34)5-3-4-12-33/h8,11,13,16,18,20,36H,3-7,9-10,12,14-15,33-34H2,1-2H3,(H2,35,40)/t16-,18-,20-/m0/s1. The first-order valence-corrected chi connectivity index (χ1v) is 14.3. The number of nitrogens with two attached hydrogens (primary N) is 3. The highest BCUT2D eigenvalue weighted by Gasteiger charge is 2.45. The van der Waals surface area contributed by atoms with Gasteiger partial charge in [0.05, 0.1) is 22.5 Å². The number of hydrogen-bond acceptors (Lipinski definition) is 8. The largest absolute Gasteiger partial charge is 0.461 e. The molecule has 1 aromatic carbocycles. The Bertz CT molecular complexity index is 1330. The van der Waals surface area contributed by atoms with Crippen molar-refractivity contribution in [2.75, 3.05) is 11.9 Å². The maximum atomic E-state index is 13.9. The van der Waals surface area contributed by atoms with Crippen LogP contribution in [0.4, 0.5) is 18.9 Å². The number of nitrogens with one attached hydrogen (secondary N) is 1. The third kappa shape index (κ3) is 7.12. The van der Waals surface area contributed by atoms with Crippen molar-refractivity contribution in [3.8, 4) is 5.69 Å². The number of carbonyl (C=O) groups is 3. The Morgan fingerprint density at radius 2 is 1.86 bits per heavy atom. The highest BCUT2D eigenvalue weighted by atomic mass is 19.4. The topological polar surface area (TPSA) is 168 Å². The molecule has 1 heterocycles. The van der Waals surface area contributed by atoms with E-state index in [0.29, 0.717) is 44.3 Å². The lowest BCUT2D eigenvalue weighted by Gasteiger charge is -2.31. The van der Waals surface area contributed by atoms with Crippen LogP contribution in [0.15, 0.2) is 18.2 Å². The molecule has 1 amide bonds. The molecule has 1 saturated carbocycles. The number of unbranched alkanes of at least 4 members (excludes halogenated alkanes) is 1. The lowest BCUT2D eigenvalue weighted by atomic mass is 9.75. The van der Waals surface area contributed by atoms with Crippen molar-refractivity contribution in [1.29, 1.82) is 0 Å². The number of benzene rings is 1. The van der Waals surface area contributed by atoms with Gasteiger partial charge in [-0.15, -0.1) is 0 Å². The number of esters is 1. The van der Waals surface area contributed by atoms with Crippen molar-refractivity contribution < 1.29 is 32.3 Å². The number of fused-ring (bicyclic) bond motifs is 1. The average Bonchev–Trinajstić information content (AvgIpc) is 3.29. The Hall–Kier alpha value is -3.45. The molecule has 0 bridgehead atoms. The fraction of sp³-hybridized carbons (Fsp3) is 0.586. The van der Waals surface area contributed by atoms with Gasteiger partial charge >= 0.3 is 12.1 Å². The summed E-state index contributed by atoms with van der Waals surface area (Å²) < 4.78 is 48.5. The number of hydrogen-bond donors (Lipinski definition) is 4. The van der Waals surface area contributed by atoms with Crippen LogP contribution < -0.4 is 22.5 Å². The minimum absolute atomic E-state index is 0.0135. The molecular formula is C29H39F3N6O4. The van der Waals surface area contributed by atoms with E-state index in [2.05, 4.69) is 10.4 Å². The quantitative estimate of drug-likeness (QED) is 0.238. The Morgan fingerprint density at radius 3 is 2.48 bits per heavy atom. The SMILES string of the molecule is CC1(C)CC(=O)c2c(C(F)(F)F)nn(-c3ccc(C(N)=O)c(N[C@H]4CC[C@H](OC(=O)[C@@H](N)CCCCN)CC4)c3)c2C1. The van der Waals surface area contributed by atoms with Crippen LogP contribution in [0, 0.1) is 5.41 Å². The van der Waals surface area contributed by atoms with Gasteiger partial charge < -0.3 is 27.3 Å². The first-order valence-electron chi connectivity index (χ1n) is 14.3. The molecule has 0 aliphatic heterocycles. The predicted molar refractivity (Wildman–Crippen MR) is 150 cm³/mol. The zero-order valence-electron chi connectivity index (χ0n) is 23.9. The summed E-state index contributed by atoms with van der Waals surface area (Å²) in [6.45, 7) is 4.19. The Morgan fingerprint density at radius 1 is 1.17 bits per heavy atom. The number of halogens is 3. The van der Waals surface area contributed by atoms with Gasteiger partial charge in [-0.05, 0) is 75.1 Å². The van der Waals surface area contributed by atoms with Crippen molar-refractivity contribution in [2.45, 2.75) is 96.0 Å². The van der Waals surface area contributed by atoms with Gasteiger partial charge in [0, 0.05) is 18.2 Å². The number of primary amides is 1. The van der Waals surface area contributed by atoms with Crippen molar-refractivity contribution in [2.24, 2.45) is 22.6 Å². The van der Waals surface area contributed by atoms with Crippen LogP contribution in [-0.2, 0) is 22.1 Å². The van der Waals surface area contributed by atoms with E-state index in [0.717, 1.165) is 17.5 Å². The van der Waals surface area contributed by atoms with Gasteiger partial charge in [-0.3, -0.25) is 14.4 Å². The molecule has 1 atom stereocenters. The second-order valence-corrected chi connectivity index (χ2v) is 12.1. The smallest absolute Gasteiger partial charge is 0.435 e. The zero-order chi connectivity index (χ0) is 30.8. The van der Waals surface area contributed by atoms with Crippen LogP contribution in [0.25, 0.3) is 5.69 Å². The summed E-state index contributed by atoms with van der Waals surface area (Å²) in [5.74, 6) is -1.74. The van der Waals surface area contributed by atoms with Gasteiger partial charge in [0.2, 0.25) is 0 Å². The monoisotopic (exact) mass is 592 g/mol. The number of nitrogens with zero attached hydrogens (tertiary/aromatic N) is 2. The predicted octanol–water partition coefficient (Wildman–Crippen LogP) is 3.87. The van der Waals surface area contributed by atoms with Gasteiger partial charge in [-0.1, -0.05) is 20.3 Å². The molecule has 7 N–H and O–H groups in total. The summed E-state index contributed by atoms with van der Waals surface area (Å²) >= 11 is 0. The lowest BCUT2D eigenvalue weighted by Crippen LogP contribution is -2.37. The van der Waals surface area contributed by atoms with Crippen LogP contribution in [0.3, 0.4) is 0 Å². The normalized spacial score (nSPS) is 21.0. The molecule has 2 aliphatic rings. The molecule has 1 fully saturated rings. The third-order valence-corrected chi connectivity index (χ3v) is 7.92. The minimum atomic E-state index is -4.81. The number of rotatable bonds is 10. The zero-order valence-corrected chi connectivity index (χ0v) is 23.9. The second-order valence-electron chi connectivity index (χ2n) is 12.1. The van der Waals surface area contributed by atoms with Gasteiger partial charge in [-0.2, -0.15) is 18.3 Å². The van der Waals surface area contributed by atoms with Crippen LogP contribution in [0.2, 0.25) is 0 Å². The van der Waals surface area contributed by atoms with Gasteiger partial charge in [-0.25, -0.2) is 4.68 Å². The molecule has 10 nitrogen and oxygen atoms in total. The molecule has 2 aliphatic carbocycles. The van der Waals surface area contributed by atoms with E-state index in [4.69, 9.17) is 21.9 Å². The van der Waals surface area contributed by atoms with Crippen LogP contribution in [0.1, 0.15) is 97.3 Å². The minimum Gasteiger partial charge on any atom is -0.461 e. The molecule has 1 aromatic heterocycles. The number of amides is 1. The number of ketones is 1. The van der Waals surface area contributed by atoms with Crippen molar-refractivity contribution in [3.05, 3.63) is 40.7 Å². The van der Waals surface area contributed by atoms with E-state index < -0.39 is 46.6 Å². The van der Waals surface area contributed by atoms with E-state index in [9.17, 15) is 27.6 Å². The summed E-state index contributed by atoms with van der Waals surface area (Å²) in [6.07, 6.45) is -0.473. The van der Waals surface area contributed by atoms with E-state index in [1.807, 2.05) is 13.8 Å². The Kier molecular flexibility index (Phi) is 9.31. The van der Waals surface area contributed by atoms with Crippen LogP contribution in [-0.4, -0.2) is 52.2 Å². The highest BCUT2D eigenvalue weighted by molar-refractivity contribution is 6.00. The van der Waals surface area contributed by atoms with Gasteiger partial charge in [0.25, 0.3) is 5.91 Å². The number of Topliss-reactive ketones (excluding diaryl/α,β-unsaturated/α-hetero) is 1. The molecule has 0 radical (unpaired) electrons. The van der Waals surface area contributed by atoms with Crippen molar-refractivity contribution >= 4 is 23.3 Å². The highest BCUT2D eigenvalue weighted by Crippen LogP contribution is 2.42. The van der Waals surface area contributed by atoms with Gasteiger partial charge in [0.15, 0.2) is 11.5 Å².